The highest BCUT2D eigenvalue weighted by Crippen LogP contribution is 2.30. The number of rotatable bonds is 6. The smallest absolute Gasteiger partial charge is 0.292 e. The molecule has 0 saturated heterocycles. The average Bonchev–Trinajstić information content (AvgIpc) is 3.23. The maximum atomic E-state index is 12.8. The predicted octanol–water partition coefficient (Wildman–Crippen LogP) is 4.83. The van der Waals surface area contributed by atoms with Crippen molar-refractivity contribution >= 4 is 5.78 Å². The summed E-state index contributed by atoms with van der Waals surface area (Å²) in [5, 5.41) is 12.4. The number of carbonyl (C=O) groups excluding carboxylic acids is 1. The van der Waals surface area contributed by atoms with Gasteiger partial charge in [0.05, 0.1) is 5.56 Å². The summed E-state index contributed by atoms with van der Waals surface area (Å²) in [5.41, 5.74) is 2.16. The number of carbonyl (C=O) groups is 1. The lowest BCUT2D eigenvalue weighted by Gasteiger charge is -2.09. The molecule has 0 saturated carbocycles. The standard InChI is InChI=1S/C23H17F3N4O/c24-23(25,26)19-12-10-16(11-13-19)14-18-8-4-5-9-20(18)22-27-29-30(28-22)15-21(31)17-6-2-1-3-7-17/h1-13H,14-15H2. The number of benzene rings is 3. The Bertz CT molecular complexity index is 1190. The first kappa shape index (κ1) is 20.5. The molecule has 0 amide bonds. The number of alkyl halides is 3. The lowest BCUT2D eigenvalue weighted by molar-refractivity contribution is -0.137. The summed E-state index contributed by atoms with van der Waals surface area (Å²) < 4.78 is 38.3. The number of Topliss-reactive ketones (excluding diaryl/α,β-unsaturated/α-hetero) is 1. The molecule has 156 valence electrons. The van der Waals surface area contributed by atoms with E-state index in [2.05, 4.69) is 15.4 Å². The van der Waals surface area contributed by atoms with Crippen LogP contribution in [0.4, 0.5) is 13.2 Å². The SMILES string of the molecule is O=C(Cn1nnc(-c2ccccc2Cc2ccc(C(F)(F)F)cc2)n1)c1ccccc1. The van der Waals surface area contributed by atoms with Crippen LogP contribution in [0.15, 0.2) is 78.9 Å². The van der Waals surface area contributed by atoms with Crippen LogP contribution in [0.3, 0.4) is 0 Å². The van der Waals surface area contributed by atoms with Crippen LogP contribution >= 0.6 is 0 Å². The van der Waals surface area contributed by atoms with Crippen LogP contribution in [0, 0.1) is 0 Å². The van der Waals surface area contributed by atoms with E-state index in [-0.39, 0.29) is 12.3 Å². The van der Waals surface area contributed by atoms with Crippen molar-refractivity contribution in [3.8, 4) is 11.4 Å². The van der Waals surface area contributed by atoms with E-state index in [9.17, 15) is 18.0 Å². The topological polar surface area (TPSA) is 60.7 Å². The molecule has 0 N–H and O–H groups in total. The fraction of sp³-hybridized carbons (Fsp3) is 0.130. The third-order valence-corrected chi connectivity index (χ3v) is 4.77. The van der Waals surface area contributed by atoms with E-state index in [1.54, 1.807) is 24.3 Å². The number of ketones is 1. The van der Waals surface area contributed by atoms with Crippen LogP contribution in [-0.2, 0) is 19.1 Å². The van der Waals surface area contributed by atoms with Gasteiger partial charge in [-0.1, -0.05) is 66.7 Å². The molecule has 5 nitrogen and oxygen atoms in total. The Balaban J connectivity index is 1.53. The molecular formula is C23H17F3N4O. The summed E-state index contributed by atoms with van der Waals surface area (Å²) in [6.45, 7) is -0.0436. The zero-order valence-electron chi connectivity index (χ0n) is 16.3. The van der Waals surface area contributed by atoms with Gasteiger partial charge in [-0.2, -0.15) is 18.0 Å². The molecule has 0 unspecified atom stereocenters. The molecule has 4 rings (SSSR count). The van der Waals surface area contributed by atoms with Crippen molar-refractivity contribution in [3.63, 3.8) is 0 Å². The van der Waals surface area contributed by atoms with Gasteiger partial charge in [-0.15, -0.1) is 10.2 Å². The van der Waals surface area contributed by atoms with E-state index in [0.29, 0.717) is 23.4 Å². The van der Waals surface area contributed by atoms with Gasteiger partial charge in [0.25, 0.3) is 0 Å². The van der Waals surface area contributed by atoms with E-state index in [1.807, 2.05) is 30.3 Å². The Kier molecular flexibility index (Phi) is 5.62. The molecule has 0 fully saturated rings. The Morgan fingerprint density at radius 1 is 0.871 bits per heavy atom. The fourth-order valence-corrected chi connectivity index (χ4v) is 3.19. The Morgan fingerprint density at radius 3 is 2.26 bits per heavy atom. The molecule has 8 heteroatoms. The van der Waals surface area contributed by atoms with E-state index >= 15 is 0 Å². The highest BCUT2D eigenvalue weighted by atomic mass is 19.4. The van der Waals surface area contributed by atoms with Crippen molar-refractivity contribution < 1.29 is 18.0 Å². The van der Waals surface area contributed by atoms with Crippen molar-refractivity contribution in [1.29, 1.82) is 0 Å². The first-order valence-electron chi connectivity index (χ1n) is 9.50. The predicted molar refractivity (Wildman–Crippen MR) is 108 cm³/mol. The second-order valence-electron chi connectivity index (χ2n) is 6.96. The number of tetrazole rings is 1. The molecule has 31 heavy (non-hydrogen) atoms. The maximum Gasteiger partial charge on any atom is 0.416 e. The Hall–Kier alpha value is -3.81. The van der Waals surface area contributed by atoms with Crippen molar-refractivity contribution in [2.24, 2.45) is 0 Å². The Labute approximate surface area is 176 Å². The van der Waals surface area contributed by atoms with Gasteiger partial charge in [0.15, 0.2) is 5.78 Å². The summed E-state index contributed by atoms with van der Waals surface area (Å²) in [6, 6.07) is 21.2. The molecule has 0 atom stereocenters. The highest BCUT2D eigenvalue weighted by Gasteiger charge is 2.29. The largest absolute Gasteiger partial charge is 0.416 e. The van der Waals surface area contributed by atoms with Gasteiger partial charge in [0.1, 0.15) is 6.54 Å². The lowest BCUT2D eigenvalue weighted by Crippen LogP contribution is -2.13. The van der Waals surface area contributed by atoms with Gasteiger partial charge in [0, 0.05) is 11.1 Å². The zero-order valence-corrected chi connectivity index (χ0v) is 16.3. The minimum Gasteiger partial charge on any atom is -0.292 e. The van der Waals surface area contributed by atoms with Gasteiger partial charge >= 0.3 is 6.18 Å². The monoisotopic (exact) mass is 422 g/mol. The van der Waals surface area contributed by atoms with Crippen molar-refractivity contribution in [2.75, 3.05) is 0 Å². The van der Waals surface area contributed by atoms with Crippen molar-refractivity contribution in [2.45, 2.75) is 19.1 Å². The molecule has 0 aliphatic heterocycles. The molecule has 0 bridgehead atoms. The normalized spacial score (nSPS) is 11.5. The van der Waals surface area contributed by atoms with Crippen LogP contribution in [-0.4, -0.2) is 26.0 Å². The third-order valence-electron chi connectivity index (χ3n) is 4.77. The van der Waals surface area contributed by atoms with Gasteiger partial charge in [0.2, 0.25) is 5.82 Å². The minimum absolute atomic E-state index is 0.0436. The van der Waals surface area contributed by atoms with Crippen molar-refractivity contribution in [3.05, 3.63) is 101 Å². The first-order valence-corrected chi connectivity index (χ1v) is 9.50. The second-order valence-corrected chi connectivity index (χ2v) is 6.96. The summed E-state index contributed by atoms with van der Waals surface area (Å²) in [5.74, 6) is 0.214. The van der Waals surface area contributed by atoms with Crippen molar-refractivity contribution in [1.82, 2.24) is 20.2 Å². The minimum atomic E-state index is -4.37. The number of aromatic nitrogens is 4. The van der Waals surface area contributed by atoms with E-state index < -0.39 is 11.7 Å². The van der Waals surface area contributed by atoms with Gasteiger partial charge < -0.3 is 0 Å². The summed E-state index contributed by atoms with van der Waals surface area (Å²) in [7, 11) is 0. The number of nitrogens with zero attached hydrogens (tertiary/aromatic N) is 4. The number of halogens is 3. The fourth-order valence-electron chi connectivity index (χ4n) is 3.19. The number of hydrogen-bond acceptors (Lipinski definition) is 4. The van der Waals surface area contributed by atoms with Gasteiger partial charge in [-0.3, -0.25) is 4.79 Å². The molecule has 0 spiro atoms. The number of hydrogen-bond donors (Lipinski definition) is 0. The molecule has 4 aromatic rings. The van der Waals surface area contributed by atoms with Crippen LogP contribution in [0.1, 0.15) is 27.0 Å². The summed E-state index contributed by atoms with van der Waals surface area (Å²) in [6.07, 6.45) is -3.96. The van der Waals surface area contributed by atoms with Crippen LogP contribution in [0.25, 0.3) is 11.4 Å². The molecule has 0 aliphatic carbocycles. The summed E-state index contributed by atoms with van der Waals surface area (Å²) in [4.78, 5) is 13.6. The quantitative estimate of drug-likeness (QED) is 0.418. The Morgan fingerprint density at radius 2 is 1.55 bits per heavy atom. The highest BCUT2D eigenvalue weighted by molar-refractivity contribution is 5.95. The molecular weight excluding hydrogens is 405 g/mol. The lowest BCUT2D eigenvalue weighted by atomic mass is 9.98. The molecule has 1 heterocycles. The average molecular weight is 422 g/mol. The van der Waals surface area contributed by atoms with Gasteiger partial charge in [-0.25, -0.2) is 0 Å². The van der Waals surface area contributed by atoms with Crippen LogP contribution < -0.4 is 0 Å². The first-order chi connectivity index (χ1) is 14.9. The second kappa shape index (κ2) is 8.51. The maximum absolute atomic E-state index is 12.8. The van der Waals surface area contributed by atoms with E-state index in [4.69, 9.17) is 0 Å². The van der Waals surface area contributed by atoms with E-state index in [0.717, 1.165) is 23.3 Å². The summed E-state index contributed by atoms with van der Waals surface area (Å²) >= 11 is 0. The van der Waals surface area contributed by atoms with Crippen LogP contribution in [0.2, 0.25) is 0 Å². The molecule has 3 aromatic carbocycles. The molecule has 0 aliphatic rings. The van der Waals surface area contributed by atoms with Gasteiger partial charge in [-0.05, 0) is 34.9 Å². The molecule has 0 radical (unpaired) electrons. The zero-order chi connectivity index (χ0) is 21.8. The third kappa shape index (κ3) is 4.85. The molecule has 1 aromatic heterocycles. The van der Waals surface area contributed by atoms with E-state index in [1.165, 1.54) is 16.9 Å². The van der Waals surface area contributed by atoms with Crippen LogP contribution in [0.5, 0.6) is 0 Å².